The van der Waals surface area contributed by atoms with Gasteiger partial charge in [-0.05, 0) is 71.4 Å². The third-order valence-electron chi connectivity index (χ3n) is 5.02. The Balaban J connectivity index is 2.37. The molecule has 0 spiro atoms. The second-order valence-corrected chi connectivity index (χ2v) is 7.08. The fourth-order valence-corrected chi connectivity index (χ4v) is 3.50. The van der Waals surface area contributed by atoms with Crippen molar-refractivity contribution in [2.75, 3.05) is 19.6 Å². The minimum atomic E-state index is -0.375. The molecule has 0 aliphatic carbocycles. The summed E-state index contributed by atoms with van der Waals surface area (Å²) >= 11 is 0. The van der Waals surface area contributed by atoms with Crippen molar-refractivity contribution in [3.05, 3.63) is 0 Å². The molecular formula is C17H33N3. The minimum Gasteiger partial charge on any atom is -0.303 e. The van der Waals surface area contributed by atoms with Crippen molar-refractivity contribution in [2.24, 2.45) is 5.41 Å². The van der Waals surface area contributed by atoms with Crippen molar-refractivity contribution < 1.29 is 0 Å². The van der Waals surface area contributed by atoms with Crippen molar-refractivity contribution in [3.63, 3.8) is 0 Å². The Morgan fingerprint density at radius 3 is 2.45 bits per heavy atom. The highest BCUT2D eigenvalue weighted by atomic mass is 15.2. The molecule has 1 aliphatic rings. The highest BCUT2D eigenvalue weighted by Gasteiger charge is 2.34. The molecule has 3 nitrogen and oxygen atoms in total. The van der Waals surface area contributed by atoms with Crippen molar-refractivity contribution in [3.8, 4) is 6.07 Å². The predicted octanol–water partition coefficient (Wildman–Crippen LogP) is 3.56. The molecule has 0 aromatic heterocycles. The van der Waals surface area contributed by atoms with E-state index < -0.39 is 0 Å². The molecule has 20 heavy (non-hydrogen) atoms. The van der Waals surface area contributed by atoms with Crippen molar-refractivity contribution in [1.82, 2.24) is 10.2 Å². The molecule has 0 aromatic carbocycles. The first-order chi connectivity index (χ1) is 9.38. The number of rotatable bonds is 8. The molecule has 1 saturated heterocycles. The summed E-state index contributed by atoms with van der Waals surface area (Å²) in [6, 6.07) is 2.80. The summed E-state index contributed by atoms with van der Waals surface area (Å²) in [5.74, 6) is 0. The highest BCUT2D eigenvalue weighted by molar-refractivity contribution is 5.04. The summed E-state index contributed by atoms with van der Waals surface area (Å²) in [7, 11) is 0. The summed E-state index contributed by atoms with van der Waals surface area (Å²) in [6.07, 6.45) is 5.98. The fraction of sp³-hybridized carbons (Fsp3) is 0.941. The zero-order valence-electron chi connectivity index (χ0n) is 14.1. The maximum atomic E-state index is 9.36. The molecule has 3 heteroatoms. The third-order valence-corrected chi connectivity index (χ3v) is 5.02. The first kappa shape index (κ1) is 17.5. The molecule has 0 bridgehead atoms. The Morgan fingerprint density at radius 1 is 1.35 bits per heavy atom. The van der Waals surface area contributed by atoms with E-state index in [0.29, 0.717) is 11.5 Å². The quantitative estimate of drug-likeness (QED) is 0.738. The first-order valence-corrected chi connectivity index (χ1v) is 8.30. The lowest BCUT2D eigenvalue weighted by Gasteiger charge is -2.28. The molecule has 1 heterocycles. The molecule has 1 fully saturated rings. The monoisotopic (exact) mass is 279 g/mol. The van der Waals surface area contributed by atoms with Crippen molar-refractivity contribution in [2.45, 2.75) is 78.3 Å². The Hall–Kier alpha value is -0.590. The zero-order valence-corrected chi connectivity index (χ0v) is 14.1. The zero-order chi connectivity index (χ0) is 15.2. The van der Waals surface area contributed by atoms with E-state index in [0.717, 1.165) is 19.4 Å². The van der Waals surface area contributed by atoms with Gasteiger partial charge in [0.25, 0.3) is 0 Å². The standard InChI is InChI=1S/C17H33N3/c1-6-17(7-2)10-12-20(14-17)11-8-9-16(5,13-18)19-15(3)4/h15,19H,6-12,14H2,1-5H3. The van der Waals surface area contributed by atoms with E-state index in [1.807, 2.05) is 6.92 Å². The van der Waals surface area contributed by atoms with Crippen LogP contribution in [0.1, 0.15) is 66.7 Å². The Kier molecular flexibility index (Phi) is 6.48. The molecule has 1 rings (SSSR count). The predicted molar refractivity (Wildman–Crippen MR) is 85.6 cm³/mol. The number of nitriles is 1. The molecule has 1 N–H and O–H groups in total. The molecule has 0 amide bonds. The summed E-state index contributed by atoms with van der Waals surface area (Å²) in [6.45, 7) is 14.5. The average Bonchev–Trinajstić information content (AvgIpc) is 2.82. The summed E-state index contributed by atoms with van der Waals surface area (Å²) in [4.78, 5) is 2.60. The molecule has 1 unspecified atom stereocenters. The topological polar surface area (TPSA) is 39.1 Å². The van der Waals surface area contributed by atoms with Gasteiger partial charge in [0.05, 0.1) is 6.07 Å². The number of likely N-dealkylation sites (tertiary alicyclic amines) is 1. The van der Waals surface area contributed by atoms with Gasteiger partial charge in [0.1, 0.15) is 5.54 Å². The van der Waals surface area contributed by atoms with Gasteiger partial charge in [-0.2, -0.15) is 5.26 Å². The number of hydrogen-bond donors (Lipinski definition) is 1. The maximum absolute atomic E-state index is 9.36. The fourth-order valence-electron chi connectivity index (χ4n) is 3.50. The second-order valence-electron chi connectivity index (χ2n) is 7.08. The van der Waals surface area contributed by atoms with Crippen LogP contribution < -0.4 is 5.32 Å². The van der Waals surface area contributed by atoms with Crippen LogP contribution in [0.5, 0.6) is 0 Å². The van der Waals surface area contributed by atoms with Crippen molar-refractivity contribution >= 4 is 0 Å². The molecule has 116 valence electrons. The van der Waals surface area contributed by atoms with Gasteiger partial charge < -0.3 is 4.90 Å². The number of nitrogens with zero attached hydrogens (tertiary/aromatic N) is 2. The van der Waals surface area contributed by atoms with Crippen LogP contribution in [0.15, 0.2) is 0 Å². The smallest absolute Gasteiger partial charge is 0.104 e. The van der Waals surface area contributed by atoms with E-state index in [1.165, 1.54) is 32.4 Å². The van der Waals surface area contributed by atoms with Crippen molar-refractivity contribution in [1.29, 1.82) is 5.26 Å². The van der Waals surface area contributed by atoms with Gasteiger partial charge in [0.15, 0.2) is 0 Å². The van der Waals surface area contributed by atoms with Crippen LogP contribution in [-0.4, -0.2) is 36.1 Å². The highest BCUT2D eigenvalue weighted by Crippen LogP contribution is 2.37. The second kappa shape index (κ2) is 7.43. The third kappa shape index (κ3) is 4.75. The largest absolute Gasteiger partial charge is 0.303 e. The lowest BCUT2D eigenvalue weighted by molar-refractivity contribution is 0.233. The molecule has 1 atom stereocenters. The molecule has 0 saturated carbocycles. The van der Waals surface area contributed by atoms with E-state index >= 15 is 0 Å². The Bertz CT molecular complexity index is 328. The lowest BCUT2D eigenvalue weighted by atomic mass is 9.82. The van der Waals surface area contributed by atoms with Crippen LogP contribution in [0.25, 0.3) is 0 Å². The van der Waals surface area contributed by atoms with Gasteiger partial charge in [-0.25, -0.2) is 0 Å². The van der Waals surface area contributed by atoms with Gasteiger partial charge in [-0.15, -0.1) is 0 Å². The van der Waals surface area contributed by atoms with E-state index in [-0.39, 0.29) is 5.54 Å². The molecular weight excluding hydrogens is 246 g/mol. The van der Waals surface area contributed by atoms with Crippen LogP contribution in [0.4, 0.5) is 0 Å². The van der Waals surface area contributed by atoms with E-state index in [2.05, 4.69) is 44.0 Å². The van der Waals surface area contributed by atoms with Crippen LogP contribution >= 0.6 is 0 Å². The molecule has 0 aromatic rings. The van der Waals surface area contributed by atoms with E-state index in [1.54, 1.807) is 0 Å². The van der Waals surface area contributed by atoms with Gasteiger partial charge in [-0.3, -0.25) is 5.32 Å². The van der Waals surface area contributed by atoms with E-state index in [4.69, 9.17) is 0 Å². The molecule has 1 aliphatic heterocycles. The average molecular weight is 279 g/mol. The Labute approximate surface area is 125 Å². The van der Waals surface area contributed by atoms with Crippen LogP contribution in [0, 0.1) is 16.7 Å². The summed E-state index contributed by atoms with van der Waals surface area (Å²) < 4.78 is 0. The number of nitrogens with one attached hydrogen (secondary N) is 1. The summed E-state index contributed by atoms with van der Waals surface area (Å²) in [5.41, 5.74) is 0.190. The summed E-state index contributed by atoms with van der Waals surface area (Å²) in [5, 5.41) is 12.7. The van der Waals surface area contributed by atoms with Crippen LogP contribution in [0.2, 0.25) is 0 Å². The first-order valence-electron chi connectivity index (χ1n) is 8.30. The maximum Gasteiger partial charge on any atom is 0.104 e. The van der Waals surface area contributed by atoms with E-state index in [9.17, 15) is 5.26 Å². The van der Waals surface area contributed by atoms with Gasteiger partial charge in [-0.1, -0.05) is 13.8 Å². The Morgan fingerprint density at radius 2 is 2.00 bits per heavy atom. The SMILES string of the molecule is CCC1(CC)CCN(CCCC(C)(C#N)NC(C)C)C1. The van der Waals surface area contributed by atoms with Crippen LogP contribution in [-0.2, 0) is 0 Å². The van der Waals surface area contributed by atoms with Gasteiger partial charge in [0, 0.05) is 12.6 Å². The lowest BCUT2D eigenvalue weighted by Crippen LogP contribution is -2.45. The normalized spacial score (nSPS) is 21.9. The van der Waals surface area contributed by atoms with Gasteiger partial charge >= 0.3 is 0 Å². The number of hydrogen-bond acceptors (Lipinski definition) is 3. The van der Waals surface area contributed by atoms with Crippen LogP contribution in [0.3, 0.4) is 0 Å². The molecule has 0 radical (unpaired) electrons. The minimum absolute atomic E-state index is 0.360. The van der Waals surface area contributed by atoms with Gasteiger partial charge in [0.2, 0.25) is 0 Å².